The highest BCUT2D eigenvalue weighted by Gasteiger charge is 2.37. The number of hydrogen-bond acceptors (Lipinski definition) is 16. The normalized spacial score (nSPS) is 12.5. The topological polar surface area (TPSA) is 133 Å². The summed E-state index contributed by atoms with van der Waals surface area (Å²) >= 11 is 16.7. The first kappa shape index (κ1) is 53.1. The Morgan fingerprint density at radius 3 is 1.27 bits per heavy atom. The van der Waals surface area contributed by atoms with Crippen molar-refractivity contribution in [1.29, 1.82) is 0 Å². The quantitative estimate of drug-likeness (QED) is 0.0520. The number of thioether (sulfide) groups is 1. The van der Waals surface area contributed by atoms with Crippen molar-refractivity contribution in [2.75, 3.05) is 113 Å². The molecule has 0 radical (unpaired) electrons. The molecule has 0 aliphatic heterocycles. The Kier molecular flexibility index (Phi) is 37.8. The molecule has 0 aliphatic carbocycles. The second-order valence-electron chi connectivity index (χ2n) is 9.94. The van der Waals surface area contributed by atoms with E-state index in [0.717, 1.165) is 50.8 Å². The molecule has 0 saturated carbocycles. The summed E-state index contributed by atoms with van der Waals surface area (Å²) in [5, 5.41) is 1.05. The molecule has 0 bridgehead atoms. The molecule has 0 fully saturated rings. The first-order chi connectivity index (χ1) is 23.5. The number of ether oxygens (including phenoxy) is 4. The van der Waals surface area contributed by atoms with E-state index in [0.29, 0.717) is 48.6 Å². The van der Waals surface area contributed by atoms with Gasteiger partial charge in [-0.3, -0.25) is 0 Å². The summed E-state index contributed by atoms with van der Waals surface area (Å²) in [4.78, 5) is 18.0. The molecule has 0 aromatic heterocycles. The van der Waals surface area contributed by atoms with Gasteiger partial charge in [0.1, 0.15) is 12.2 Å². The average Bonchev–Trinajstić information content (AvgIpc) is 3.13. The molecular weight excluding hydrogens is 753 g/mol. The smallest absolute Gasteiger partial charge is 0.464 e. The first-order valence-corrected chi connectivity index (χ1v) is 22.9. The zero-order valence-electron chi connectivity index (χ0n) is 31.5. The van der Waals surface area contributed by atoms with Crippen molar-refractivity contribution in [1.82, 2.24) is 9.80 Å². The summed E-state index contributed by atoms with van der Waals surface area (Å²) in [6.45, 7) is 13.7. The van der Waals surface area contributed by atoms with Crippen LogP contribution in [0.2, 0.25) is 12.1 Å². The molecule has 14 nitrogen and oxygen atoms in total. The van der Waals surface area contributed by atoms with E-state index in [4.69, 9.17) is 79.9 Å². The van der Waals surface area contributed by atoms with Crippen LogP contribution in [0.25, 0.3) is 0 Å². The van der Waals surface area contributed by atoms with Crippen LogP contribution in [0, 0.1) is 9.93 Å². The van der Waals surface area contributed by atoms with Crippen LogP contribution < -0.4 is 0 Å². The van der Waals surface area contributed by atoms with Gasteiger partial charge in [0.2, 0.25) is 0 Å². The molecule has 0 aromatic rings. The Bertz CT molecular complexity index is 773. The van der Waals surface area contributed by atoms with Crippen molar-refractivity contribution >= 4 is 76.8 Å². The molecule has 0 heterocycles. The maximum Gasteiger partial charge on any atom is 0.500 e. The van der Waals surface area contributed by atoms with E-state index in [9.17, 15) is 0 Å². The van der Waals surface area contributed by atoms with E-state index in [-0.39, 0.29) is 12.2 Å². The molecule has 20 heteroatoms. The molecule has 0 rings (SSSR count). The fraction of sp³-hybridized carbons (Fsp3) is 0.931. The number of rotatable bonds is 27. The average molecular weight is 817 g/mol. The van der Waals surface area contributed by atoms with Crippen LogP contribution in [0.15, 0.2) is 0 Å². The molecule has 0 spiro atoms. The summed E-state index contributed by atoms with van der Waals surface area (Å²) in [6, 6.07) is 1.43. The van der Waals surface area contributed by atoms with Crippen LogP contribution in [-0.4, -0.2) is 163 Å². The zero-order chi connectivity index (χ0) is 38.1. The highest BCUT2D eigenvalue weighted by atomic mass is 32.2. The minimum Gasteiger partial charge on any atom is -0.464 e. The molecule has 0 saturated heterocycles. The third kappa shape index (κ3) is 23.9. The predicted octanol–water partition coefficient (Wildman–Crippen LogP) is 4.93. The van der Waals surface area contributed by atoms with Gasteiger partial charge in [-0.25, -0.2) is 0 Å². The lowest BCUT2D eigenvalue weighted by Gasteiger charge is -2.26. The second-order valence-corrected chi connectivity index (χ2v) is 18.1. The van der Waals surface area contributed by atoms with Crippen molar-refractivity contribution in [3.63, 3.8) is 0 Å². The summed E-state index contributed by atoms with van der Waals surface area (Å²) in [7, 11) is 4.68. The minimum atomic E-state index is -2.51. The molecule has 49 heavy (non-hydrogen) atoms. The largest absolute Gasteiger partial charge is 0.500 e. The van der Waals surface area contributed by atoms with Crippen LogP contribution in [0.3, 0.4) is 0 Å². The Morgan fingerprint density at radius 2 is 0.980 bits per heavy atom. The molecule has 0 amide bonds. The maximum atomic E-state index is 7.00. The molecule has 0 aromatic carbocycles. The zero-order valence-corrected chi connectivity index (χ0v) is 36.9. The van der Waals surface area contributed by atoms with Crippen molar-refractivity contribution in [3.8, 4) is 0 Å². The van der Waals surface area contributed by atoms with Gasteiger partial charge in [-0.05, 0) is 71.2 Å². The lowest BCUT2D eigenvalue weighted by atomic mass is 10.4. The van der Waals surface area contributed by atoms with Crippen LogP contribution in [0.5, 0.6) is 0 Å². The number of thiocarbonyl (C=S) groups is 2. The van der Waals surface area contributed by atoms with Crippen LogP contribution in [-0.2, 0) is 45.5 Å². The van der Waals surface area contributed by atoms with Crippen molar-refractivity contribution in [2.45, 2.75) is 64.8 Å². The molecule has 0 aliphatic rings. The molecule has 2 unspecified atom stereocenters. The van der Waals surface area contributed by atoms with Gasteiger partial charge in [-0.2, -0.15) is 24.4 Å². The monoisotopic (exact) mass is 816 g/mol. The Balaban J connectivity index is -0.000000822. The molecule has 294 valence electrons. The van der Waals surface area contributed by atoms with Gasteiger partial charge in [0.05, 0.1) is 13.2 Å². The van der Waals surface area contributed by atoms with Gasteiger partial charge in [-0.1, -0.05) is 0 Å². The van der Waals surface area contributed by atoms with Gasteiger partial charge in [0, 0.05) is 116 Å². The summed E-state index contributed by atoms with van der Waals surface area (Å²) < 4.78 is 55.4. The van der Waals surface area contributed by atoms with Gasteiger partial charge < -0.3 is 55.3 Å². The summed E-state index contributed by atoms with van der Waals surface area (Å²) in [5.74, 6) is 1.39. The molecular formula is C29H64N2O12S4Si2. The fourth-order valence-corrected chi connectivity index (χ4v) is 9.03. The van der Waals surface area contributed by atoms with E-state index < -0.39 is 17.6 Å². The second kappa shape index (κ2) is 34.9. The van der Waals surface area contributed by atoms with Gasteiger partial charge in [0.25, 0.3) is 10.3 Å². The Hall–Kier alpha value is -0.206. The standard InChI is InChI=1S/C15H33NO5S2Si.C14H31NO5S2Si.O2/c1-7-16(8-2)15(22)21-14(13-23-6)12-20-10-9-11-24(17-3,18-4)19-5;1-6-15(7-2)14(22)20-13(12-21)11-19-9-8-10-23(16-3,17-4)18-5;1-2/h14H,7-13H2,1-6H3;13,21H,6-12H2,1-5H3;. The van der Waals surface area contributed by atoms with Crippen LogP contribution in [0.1, 0.15) is 40.5 Å². The van der Waals surface area contributed by atoms with Gasteiger partial charge in [0.15, 0.2) is 0 Å². The maximum absolute atomic E-state index is 7.00. The first-order valence-electron chi connectivity index (χ1n) is 16.2. The number of hydrogen-bond donors (Lipinski definition) is 1. The Labute approximate surface area is 318 Å². The highest BCUT2D eigenvalue weighted by molar-refractivity contribution is 7.98. The minimum absolute atomic E-state index is 0.0395. The van der Waals surface area contributed by atoms with Gasteiger partial charge >= 0.3 is 17.6 Å². The lowest BCUT2D eigenvalue weighted by molar-refractivity contribution is 0.0460. The van der Waals surface area contributed by atoms with Crippen molar-refractivity contribution < 1.29 is 45.5 Å². The van der Waals surface area contributed by atoms with E-state index >= 15 is 0 Å². The van der Waals surface area contributed by atoms with Crippen LogP contribution in [0.4, 0.5) is 0 Å². The Morgan fingerprint density at radius 1 is 0.653 bits per heavy atom. The van der Waals surface area contributed by atoms with Crippen molar-refractivity contribution in [3.05, 3.63) is 9.93 Å². The van der Waals surface area contributed by atoms with E-state index in [1.165, 1.54) is 0 Å². The van der Waals surface area contributed by atoms with Gasteiger partial charge in [-0.15, -0.1) is 0 Å². The van der Waals surface area contributed by atoms with Crippen molar-refractivity contribution in [2.24, 2.45) is 0 Å². The SMILES string of the molecule is CCN(CC)C(=S)OC(COCCC[Si](OC)(OC)OC)CSC.CCN(CC)C(=S)OC(CS)COCCC[Si](OC)(OC)OC.O=O. The third-order valence-corrected chi connectivity index (χ3v) is 14.6. The molecule has 2 atom stereocenters. The summed E-state index contributed by atoms with van der Waals surface area (Å²) in [6.07, 6.45) is 3.46. The summed E-state index contributed by atoms with van der Waals surface area (Å²) in [5.41, 5.74) is 0. The number of thiol groups is 1. The molecule has 0 N–H and O–H groups in total. The van der Waals surface area contributed by atoms with E-state index in [1.807, 2.05) is 29.9 Å². The lowest BCUT2D eigenvalue weighted by Crippen LogP contribution is -2.42. The van der Waals surface area contributed by atoms with E-state index in [2.05, 4.69) is 26.5 Å². The van der Waals surface area contributed by atoms with Crippen LogP contribution >= 0.6 is 48.8 Å². The third-order valence-electron chi connectivity index (χ3n) is 7.15. The van der Waals surface area contributed by atoms with E-state index in [1.54, 1.807) is 54.4 Å². The fourth-order valence-electron chi connectivity index (χ4n) is 4.15. The predicted molar refractivity (Wildman–Crippen MR) is 214 cm³/mol. The highest BCUT2D eigenvalue weighted by Crippen LogP contribution is 2.16. The number of nitrogens with zero attached hydrogens (tertiary/aromatic N) is 2.